The van der Waals surface area contributed by atoms with E-state index in [-0.39, 0.29) is 37.5 Å². The van der Waals surface area contributed by atoms with Crippen LogP contribution in [-0.4, -0.2) is 37.2 Å². The van der Waals surface area contributed by atoms with Gasteiger partial charge in [-0.25, -0.2) is 0 Å². The molecule has 0 aromatic heterocycles. The lowest BCUT2D eigenvalue weighted by Gasteiger charge is -2.18. The minimum absolute atomic E-state index is 0.0988. The van der Waals surface area contributed by atoms with Crippen LogP contribution in [0.25, 0.3) is 0 Å². The molecule has 0 heterocycles. The van der Waals surface area contributed by atoms with Gasteiger partial charge >= 0.3 is 17.9 Å². The monoisotopic (exact) mass is 1080 g/mol. The van der Waals surface area contributed by atoms with Crippen molar-refractivity contribution in [2.75, 3.05) is 13.2 Å². The Balaban J connectivity index is 4.22. The number of carbonyl (C=O) groups excluding carboxylic acids is 3. The summed E-state index contributed by atoms with van der Waals surface area (Å²) in [5.74, 6) is -0.971. The van der Waals surface area contributed by atoms with Crippen LogP contribution in [0.2, 0.25) is 0 Å². The summed E-state index contributed by atoms with van der Waals surface area (Å²) >= 11 is 0. The Labute approximate surface area is 481 Å². The molecule has 0 N–H and O–H groups in total. The van der Waals surface area contributed by atoms with Gasteiger partial charge in [-0.1, -0.05) is 283 Å². The maximum absolute atomic E-state index is 12.8. The van der Waals surface area contributed by atoms with Crippen LogP contribution in [0.5, 0.6) is 0 Å². The summed E-state index contributed by atoms with van der Waals surface area (Å²) in [6.45, 7) is 6.41. The summed E-state index contributed by atoms with van der Waals surface area (Å²) in [7, 11) is 0. The van der Waals surface area contributed by atoms with E-state index in [1.165, 1.54) is 128 Å². The molecule has 0 fully saturated rings. The van der Waals surface area contributed by atoms with Crippen molar-refractivity contribution in [3.8, 4) is 0 Å². The number of hydrogen-bond acceptors (Lipinski definition) is 6. The summed E-state index contributed by atoms with van der Waals surface area (Å²) in [4.78, 5) is 38.0. The fraction of sp³-hybridized carbons (Fsp3) is 0.653. The Bertz CT molecular complexity index is 1670. The Morgan fingerprint density at radius 1 is 0.269 bits per heavy atom. The van der Waals surface area contributed by atoms with Crippen LogP contribution < -0.4 is 0 Å². The van der Waals surface area contributed by atoms with Crippen LogP contribution in [0.15, 0.2) is 134 Å². The first-order valence-corrected chi connectivity index (χ1v) is 32.2. The molecule has 78 heavy (non-hydrogen) atoms. The van der Waals surface area contributed by atoms with Crippen molar-refractivity contribution >= 4 is 17.9 Å². The van der Waals surface area contributed by atoms with Crippen molar-refractivity contribution in [1.82, 2.24) is 0 Å². The number of unbranched alkanes of at least 4 members (excludes halogenated alkanes) is 24. The SMILES string of the molecule is CC/C=C\C/C=C\C/C=C\C/C=C\C/C=C\C/C=C\C/C=C\C/C=C\C/C=C\CCCC(=O)OCC(COC(=O)CCCCCCCC)OC(=O)CCCCCCCCCCCCCCC/C=C\C/C=C\CCCCCCC. The van der Waals surface area contributed by atoms with Gasteiger partial charge in [-0.3, -0.25) is 14.4 Å². The highest BCUT2D eigenvalue weighted by Crippen LogP contribution is 2.15. The number of esters is 3. The molecule has 0 aliphatic carbocycles. The molecule has 0 aliphatic rings. The van der Waals surface area contributed by atoms with Crippen molar-refractivity contribution in [2.24, 2.45) is 0 Å². The highest BCUT2D eigenvalue weighted by Gasteiger charge is 2.19. The summed E-state index contributed by atoms with van der Waals surface area (Å²) in [5.41, 5.74) is 0. The van der Waals surface area contributed by atoms with E-state index in [0.717, 1.165) is 109 Å². The molecular weight excluding hydrogens is 961 g/mol. The molecule has 1 unspecified atom stereocenters. The van der Waals surface area contributed by atoms with Crippen LogP contribution in [0, 0.1) is 0 Å². The molecule has 442 valence electrons. The average molecular weight is 1080 g/mol. The summed E-state index contributed by atoms with van der Waals surface area (Å²) < 4.78 is 16.7. The maximum atomic E-state index is 12.8. The zero-order valence-electron chi connectivity index (χ0n) is 50.6. The van der Waals surface area contributed by atoms with Crippen LogP contribution in [-0.2, 0) is 28.6 Å². The molecule has 0 saturated heterocycles. The van der Waals surface area contributed by atoms with Crippen LogP contribution >= 0.6 is 0 Å². The number of allylic oxidation sites excluding steroid dienone is 22. The fourth-order valence-electron chi connectivity index (χ4n) is 8.59. The van der Waals surface area contributed by atoms with E-state index in [9.17, 15) is 14.4 Å². The smallest absolute Gasteiger partial charge is 0.306 e. The number of ether oxygens (including phenoxy) is 3. The second-order valence-corrected chi connectivity index (χ2v) is 20.9. The predicted molar refractivity (Wildman–Crippen MR) is 339 cm³/mol. The Morgan fingerprint density at radius 2 is 0.513 bits per heavy atom. The standard InChI is InChI=1S/C72H118O6/c1-4-7-10-13-16-18-20-22-24-26-28-30-32-34-35-36-37-39-40-42-44-46-48-50-52-54-56-59-62-65-71(74)77-68-69(67-76-70(73)64-61-58-15-12-9-6-3)78-72(75)66-63-60-57-55-53-51-49-47-45-43-41-38-33-31-29-27-25-23-21-19-17-14-11-8-5-2/h7,10,16,18,21-24,27-30,34-35,37,39,42,44,48,50,54,56,69H,4-6,8-9,11-15,17,19-20,25-26,31-33,36,38,40-41,43,45-47,49,51-53,55,57-68H2,1-3H3/b10-7-,18-16-,23-21-,24-22-,29-27-,30-28-,35-34-,39-37-,44-42-,50-48-,56-54-. The van der Waals surface area contributed by atoms with Gasteiger partial charge in [0.05, 0.1) is 0 Å². The zero-order valence-corrected chi connectivity index (χ0v) is 50.6. The third-order valence-electron chi connectivity index (χ3n) is 13.4. The van der Waals surface area contributed by atoms with Gasteiger partial charge in [-0.05, 0) is 116 Å². The topological polar surface area (TPSA) is 78.9 Å². The Morgan fingerprint density at radius 3 is 0.833 bits per heavy atom. The quantitative estimate of drug-likeness (QED) is 0.0261. The van der Waals surface area contributed by atoms with E-state index in [0.29, 0.717) is 19.3 Å². The van der Waals surface area contributed by atoms with Gasteiger partial charge in [0.2, 0.25) is 0 Å². The van der Waals surface area contributed by atoms with Gasteiger partial charge in [-0.15, -0.1) is 0 Å². The molecule has 0 rings (SSSR count). The fourth-order valence-corrected chi connectivity index (χ4v) is 8.59. The number of hydrogen-bond donors (Lipinski definition) is 0. The molecule has 0 bridgehead atoms. The zero-order chi connectivity index (χ0) is 56.4. The first-order valence-electron chi connectivity index (χ1n) is 32.2. The molecule has 6 heteroatoms. The molecule has 0 aromatic rings. The molecule has 6 nitrogen and oxygen atoms in total. The van der Waals surface area contributed by atoms with Crippen LogP contribution in [0.1, 0.15) is 284 Å². The molecule has 1 atom stereocenters. The minimum Gasteiger partial charge on any atom is -0.462 e. The molecule has 0 radical (unpaired) electrons. The highest BCUT2D eigenvalue weighted by molar-refractivity contribution is 5.71. The third kappa shape index (κ3) is 62.4. The molecule has 0 aliphatic heterocycles. The first kappa shape index (κ1) is 73.5. The highest BCUT2D eigenvalue weighted by atomic mass is 16.6. The van der Waals surface area contributed by atoms with Gasteiger partial charge in [-0.2, -0.15) is 0 Å². The van der Waals surface area contributed by atoms with Gasteiger partial charge in [0.25, 0.3) is 0 Å². The van der Waals surface area contributed by atoms with Gasteiger partial charge in [0.15, 0.2) is 6.10 Å². The Kier molecular flexibility index (Phi) is 61.4. The molecule has 0 spiro atoms. The lowest BCUT2D eigenvalue weighted by atomic mass is 10.0. The molecule has 0 saturated carbocycles. The van der Waals surface area contributed by atoms with E-state index in [1.807, 2.05) is 0 Å². The third-order valence-corrected chi connectivity index (χ3v) is 13.4. The van der Waals surface area contributed by atoms with Crippen molar-refractivity contribution in [3.05, 3.63) is 134 Å². The summed E-state index contributed by atoms with van der Waals surface area (Å²) in [6.07, 6.45) is 92.2. The maximum Gasteiger partial charge on any atom is 0.306 e. The lowest BCUT2D eigenvalue weighted by molar-refractivity contribution is -0.167. The van der Waals surface area contributed by atoms with Crippen molar-refractivity contribution < 1.29 is 28.6 Å². The molecule has 0 aromatic carbocycles. The second kappa shape index (κ2) is 65.1. The second-order valence-electron chi connectivity index (χ2n) is 20.9. The molecule has 0 amide bonds. The van der Waals surface area contributed by atoms with E-state index in [4.69, 9.17) is 14.2 Å². The van der Waals surface area contributed by atoms with Gasteiger partial charge in [0.1, 0.15) is 13.2 Å². The van der Waals surface area contributed by atoms with Crippen molar-refractivity contribution in [3.63, 3.8) is 0 Å². The number of carbonyl (C=O) groups is 3. The van der Waals surface area contributed by atoms with Crippen LogP contribution in [0.4, 0.5) is 0 Å². The summed E-state index contributed by atoms with van der Waals surface area (Å²) in [6, 6.07) is 0. The van der Waals surface area contributed by atoms with Crippen molar-refractivity contribution in [1.29, 1.82) is 0 Å². The predicted octanol–water partition coefficient (Wildman–Crippen LogP) is 22.2. The largest absolute Gasteiger partial charge is 0.462 e. The van der Waals surface area contributed by atoms with E-state index in [1.54, 1.807) is 0 Å². The van der Waals surface area contributed by atoms with Crippen molar-refractivity contribution in [2.45, 2.75) is 290 Å². The Hall–Kier alpha value is -4.45. The van der Waals surface area contributed by atoms with E-state index >= 15 is 0 Å². The van der Waals surface area contributed by atoms with Crippen LogP contribution in [0.3, 0.4) is 0 Å². The number of rotatable bonds is 57. The summed E-state index contributed by atoms with van der Waals surface area (Å²) in [5, 5.41) is 0. The van der Waals surface area contributed by atoms with E-state index in [2.05, 4.69) is 154 Å². The first-order chi connectivity index (χ1) is 38.5. The van der Waals surface area contributed by atoms with Gasteiger partial charge in [0, 0.05) is 19.3 Å². The normalized spacial score (nSPS) is 13.0. The average Bonchev–Trinajstić information content (AvgIpc) is 3.44. The molecular formula is C72H118O6. The van der Waals surface area contributed by atoms with Gasteiger partial charge < -0.3 is 14.2 Å². The van der Waals surface area contributed by atoms with E-state index < -0.39 is 6.10 Å². The lowest BCUT2D eigenvalue weighted by Crippen LogP contribution is -2.30. The minimum atomic E-state index is -0.803.